The average Bonchev–Trinajstić information content (AvgIpc) is 2.31. The van der Waals surface area contributed by atoms with E-state index in [4.69, 9.17) is 4.74 Å². The molecule has 3 heteroatoms. The van der Waals surface area contributed by atoms with Gasteiger partial charge in [-0.25, -0.2) is 0 Å². The number of ether oxygens (including phenoxy) is 1. The quantitative estimate of drug-likeness (QED) is 0.789. The fraction of sp³-hybridized carbons (Fsp3) is 1.00. The molecule has 2 aliphatic rings. The third-order valence-corrected chi connectivity index (χ3v) is 4.10. The van der Waals surface area contributed by atoms with Crippen molar-refractivity contribution < 1.29 is 4.74 Å². The third kappa shape index (κ3) is 3.44. The average molecular weight is 226 g/mol. The largest absolute Gasteiger partial charge is 0.374 e. The molecule has 1 N–H and O–H groups in total. The summed E-state index contributed by atoms with van der Waals surface area (Å²) in [6, 6.07) is 0.793. The minimum atomic E-state index is 0.401. The number of hydrogen-bond acceptors (Lipinski definition) is 3. The SMILES string of the molecule is CC1CCC(N(C)CC2CNCCO2)CC1. The van der Waals surface area contributed by atoms with Crippen LogP contribution >= 0.6 is 0 Å². The van der Waals surface area contributed by atoms with E-state index < -0.39 is 0 Å². The standard InChI is InChI=1S/C13H26N2O/c1-11-3-5-12(6-4-11)15(2)10-13-9-14-7-8-16-13/h11-14H,3-10H2,1-2H3. The van der Waals surface area contributed by atoms with Gasteiger partial charge in [0.2, 0.25) is 0 Å². The van der Waals surface area contributed by atoms with E-state index in [1.165, 1.54) is 25.7 Å². The van der Waals surface area contributed by atoms with Crippen molar-refractivity contribution in [2.24, 2.45) is 5.92 Å². The van der Waals surface area contributed by atoms with Crippen LogP contribution in [0.25, 0.3) is 0 Å². The zero-order chi connectivity index (χ0) is 11.4. The van der Waals surface area contributed by atoms with E-state index in [0.717, 1.165) is 38.2 Å². The Hall–Kier alpha value is -0.120. The fourth-order valence-electron chi connectivity index (χ4n) is 2.89. The van der Waals surface area contributed by atoms with E-state index in [2.05, 4.69) is 24.2 Å². The van der Waals surface area contributed by atoms with Crippen LogP contribution in [0.1, 0.15) is 32.6 Å². The zero-order valence-electron chi connectivity index (χ0n) is 10.7. The molecule has 2 rings (SSSR count). The van der Waals surface area contributed by atoms with E-state index >= 15 is 0 Å². The minimum Gasteiger partial charge on any atom is -0.374 e. The van der Waals surface area contributed by atoms with Crippen molar-refractivity contribution in [1.29, 1.82) is 0 Å². The van der Waals surface area contributed by atoms with Gasteiger partial charge in [-0.05, 0) is 38.6 Å². The first kappa shape index (κ1) is 12.3. The van der Waals surface area contributed by atoms with Gasteiger partial charge in [0, 0.05) is 25.7 Å². The summed E-state index contributed by atoms with van der Waals surface area (Å²) < 4.78 is 5.76. The summed E-state index contributed by atoms with van der Waals surface area (Å²) in [4.78, 5) is 2.52. The predicted octanol–water partition coefficient (Wildman–Crippen LogP) is 1.49. The van der Waals surface area contributed by atoms with Crippen LogP contribution in [0, 0.1) is 5.92 Å². The first-order chi connectivity index (χ1) is 7.75. The van der Waals surface area contributed by atoms with E-state index in [1.54, 1.807) is 0 Å². The molecule has 1 unspecified atom stereocenters. The molecule has 1 atom stereocenters. The maximum absolute atomic E-state index is 5.76. The minimum absolute atomic E-state index is 0.401. The predicted molar refractivity (Wildman–Crippen MR) is 66.7 cm³/mol. The second-order valence-corrected chi connectivity index (χ2v) is 5.55. The van der Waals surface area contributed by atoms with Gasteiger partial charge in [0.05, 0.1) is 12.7 Å². The van der Waals surface area contributed by atoms with Crippen LogP contribution in [-0.4, -0.2) is 50.3 Å². The van der Waals surface area contributed by atoms with Crippen LogP contribution in [0.2, 0.25) is 0 Å². The van der Waals surface area contributed by atoms with Crippen molar-refractivity contribution in [2.45, 2.75) is 44.8 Å². The van der Waals surface area contributed by atoms with Gasteiger partial charge in [0.25, 0.3) is 0 Å². The Kier molecular flexibility index (Phi) is 4.62. The maximum atomic E-state index is 5.76. The summed E-state index contributed by atoms with van der Waals surface area (Å²) in [5.74, 6) is 0.942. The van der Waals surface area contributed by atoms with E-state index in [-0.39, 0.29) is 0 Å². The Morgan fingerprint density at radius 3 is 2.62 bits per heavy atom. The summed E-state index contributed by atoms with van der Waals surface area (Å²) in [6.07, 6.45) is 5.95. The highest BCUT2D eigenvalue weighted by atomic mass is 16.5. The van der Waals surface area contributed by atoms with Crippen LogP contribution in [0.3, 0.4) is 0 Å². The second kappa shape index (κ2) is 5.99. The van der Waals surface area contributed by atoms with E-state index in [9.17, 15) is 0 Å². The molecule has 0 aromatic carbocycles. The smallest absolute Gasteiger partial charge is 0.0826 e. The molecular weight excluding hydrogens is 200 g/mol. The molecule has 1 aliphatic heterocycles. The van der Waals surface area contributed by atoms with Gasteiger partial charge in [-0.1, -0.05) is 6.92 Å². The number of rotatable bonds is 3. The lowest BCUT2D eigenvalue weighted by molar-refractivity contribution is -0.00137. The van der Waals surface area contributed by atoms with Crippen LogP contribution in [-0.2, 0) is 4.74 Å². The Labute approximate surface area is 99.5 Å². The van der Waals surface area contributed by atoms with Gasteiger partial charge >= 0.3 is 0 Å². The van der Waals surface area contributed by atoms with Crippen molar-refractivity contribution in [1.82, 2.24) is 10.2 Å². The summed E-state index contributed by atoms with van der Waals surface area (Å²) in [5.41, 5.74) is 0. The topological polar surface area (TPSA) is 24.5 Å². The molecule has 1 saturated carbocycles. The molecule has 1 saturated heterocycles. The van der Waals surface area contributed by atoms with E-state index in [0.29, 0.717) is 6.10 Å². The number of nitrogens with zero attached hydrogens (tertiary/aromatic N) is 1. The van der Waals surface area contributed by atoms with Crippen LogP contribution in [0.15, 0.2) is 0 Å². The lowest BCUT2D eigenvalue weighted by Gasteiger charge is -2.36. The fourth-order valence-corrected chi connectivity index (χ4v) is 2.89. The Morgan fingerprint density at radius 2 is 2.00 bits per heavy atom. The molecule has 2 fully saturated rings. The number of hydrogen-bond donors (Lipinski definition) is 1. The zero-order valence-corrected chi connectivity index (χ0v) is 10.7. The summed E-state index contributed by atoms with van der Waals surface area (Å²) in [7, 11) is 2.26. The van der Waals surface area contributed by atoms with Crippen molar-refractivity contribution in [3.05, 3.63) is 0 Å². The number of morpholine rings is 1. The molecule has 3 nitrogen and oxygen atoms in total. The highest BCUT2D eigenvalue weighted by molar-refractivity contribution is 4.79. The first-order valence-electron chi connectivity index (χ1n) is 6.78. The Bertz CT molecular complexity index is 196. The normalized spacial score (nSPS) is 36.6. The molecular formula is C13H26N2O. The van der Waals surface area contributed by atoms with Gasteiger partial charge in [0.1, 0.15) is 0 Å². The molecule has 0 radical (unpaired) electrons. The van der Waals surface area contributed by atoms with Gasteiger partial charge in [0.15, 0.2) is 0 Å². The van der Waals surface area contributed by atoms with Gasteiger partial charge in [-0.3, -0.25) is 0 Å². The van der Waals surface area contributed by atoms with Gasteiger partial charge in [-0.15, -0.1) is 0 Å². The summed E-state index contributed by atoms with van der Waals surface area (Å²) >= 11 is 0. The molecule has 0 aromatic rings. The highest BCUT2D eigenvalue weighted by Gasteiger charge is 2.24. The van der Waals surface area contributed by atoms with Crippen LogP contribution in [0.4, 0.5) is 0 Å². The lowest BCUT2D eigenvalue weighted by atomic mass is 9.86. The first-order valence-corrected chi connectivity index (χ1v) is 6.78. The number of likely N-dealkylation sites (N-methyl/N-ethyl adjacent to an activating group) is 1. The molecule has 1 heterocycles. The highest BCUT2D eigenvalue weighted by Crippen LogP contribution is 2.26. The maximum Gasteiger partial charge on any atom is 0.0826 e. The summed E-state index contributed by atoms with van der Waals surface area (Å²) in [5, 5.41) is 3.40. The van der Waals surface area contributed by atoms with E-state index in [1.807, 2.05) is 0 Å². The molecule has 0 bridgehead atoms. The Morgan fingerprint density at radius 1 is 1.25 bits per heavy atom. The van der Waals surface area contributed by atoms with Crippen molar-refractivity contribution in [3.8, 4) is 0 Å². The molecule has 16 heavy (non-hydrogen) atoms. The Balaban J connectivity index is 1.72. The molecule has 0 aromatic heterocycles. The van der Waals surface area contributed by atoms with Crippen molar-refractivity contribution in [2.75, 3.05) is 33.3 Å². The monoisotopic (exact) mass is 226 g/mol. The molecule has 1 aliphatic carbocycles. The molecule has 94 valence electrons. The van der Waals surface area contributed by atoms with Gasteiger partial charge in [-0.2, -0.15) is 0 Å². The van der Waals surface area contributed by atoms with Gasteiger partial charge < -0.3 is 15.0 Å². The van der Waals surface area contributed by atoms with Crippen molar-refractivity contribution >= 4 is 0 Å². The van der Waals surface area contributed by atoms with Crippen LogP contribution in [0.5, 0.6) is 0 Å². The number of nitrogens with one attached hydrogen (secondary N) is 1. The lowest BCUT2D eigenvalue weighted by Crippen LogP contribution is -2.47. The second-order valence-electron chi connectivity index (χ2n) is 5.55. The summed E-state index contributed by atoms with van der Waals surface area (Å²) in [6.45, 7) is 6.38. The van der Waals surface area contributed by atoms with Crippen LogP contribution < -0.4 is 5.32 Å². The molecule has 0 spiro atoms. The third-order valence-electron chi connectivity index (χ3n) is 4.10. The van der Waals surface area contributed by atoms with Crippen molar-refractivity contribution in [3.63, 3.8) is 0 Å². The molecule has 0 amide bonds.